The molecule has 1 aliphatic rings. The smallest absolute Gasteiger partial charge is 0.288 e. The lowest BCUT2D eigenvalue weighted by Gasteiger charge is -2.13. The minimum atomic E-state index is -2.49. The Labute approximate surface area is 143 Å². The third-order valence-corrected chi connectivity index (χ3v) is 4.48. The van der Waals surface area contributed by atoms with E-state index in [0.29, 0.717) is 22.3 Å². The molecular formula is C16H18F2N4OS. The van der Waals surface area contributed by atoms with Gasteiger partial charge in [0.2, 0.25) is 0 Å². The molecule has 128 valence electrons. The molecule has 1 saturated heterocycles. The lowest BCUT2D eigenvalue weighted by Crippen LogP contribution is -2.30. The van der Waals surface area contributed by atoms with Crippen LogP contribution in [0.4, 0.5) is 14.5 Å². The largest absolute Gasteiger partial charge is 0.321 e. The normalized spacial score (nSPS) is 24.0. The number of hydrogen-bond acceptors (Lipinski definition) is 5. The number of thioether (sulfide) groups is 1. The molecule has 8 heteroatoms. The van der Waals surface area contributed by atoms with E-state index in [1.807, 2.05) is 19.9 Å². The lowest BCUT2D eigenvalue weighted by molar-refractivity contribution is -0.112. The topological polar surface area (TPSA) is 76.9 Å². The fourth-order valence-electron chi connectivity index (χ4n) is 2.45. The number of benzene rings is 1. The van der Waals surface area contributed by atoms with Crippen LogP contribution in [0.5, 0.6) is 0 Å². The van der Waals surface area contributed by atoms with Gasteiger partial charge in [0.25, 0.3) is 11.7 Å². The molecule has 2 atom stereocenters. The maximum atomic E-state index is 12.3. The van der Waals surface area contributed by atoms with E-state index in [-0.39, 0.29) is 23.6 Å². The summed E-state index contributed by atoms with van der Waals surface area (Å²) in [4.78, 5) is 12.6. The summed E-state index contributed by atoms with van der Waals surface area (Å²) in [6.45, 7) is 3.92. The van der Waals surface area contributed by atoms with Crippen LogP contribution in [0.3, 0.4) is 0 Å². The molecule has 0 bridgehead atoms. The van der Waals surface area contributed by atoms with Crippen LogP contribution in [0.1, 0.15) is 13.8 Å². The second-order valence-corrected chi connectivity index (χ2v) is 6.56. The molecule has 5 nitrogen and oxygen atoms in total. The van der Waals surface area contributed by atoms with Gasteiger partial charge in [-0.05, 0) is 38.1 Å². The van der Waals surface area contributed by atoms with Gasteiger partial charge in [0.15, 0.2) is 0 Å². The number of nitrogens with one attached hydrogen (secondary N) is 3. The van der Waals surface area contributed by atoms with Crippen LogP contribution in [-0.4, -0.2) is 23.7 Å². The van der Waals surface area contributed by atoms with E-state index in [4.69, 9.17) is 0 Å². The summed E-state index contributed by atoms with van der Waals surface area (Å²) < 4.78 is 24.6. The summed E-state index contributed by atoms with van der Waals surface area (Å²) in [6.07, 6.45) is 1.65. The third kappa shape index (κ3) is 4.77. The van der Waals surface area contributed by atoms with Gasteiger partial charge in [0.05, 0.1) is 0 Å². The fourth-order valence-corrected chi connectivity index (χ4v) is 2.95. The van der Waals surface area contributed by atoms with Crippen molar-refractivity contribution in [1.82, 2.24) is 10.9 Å². The van der Waals surface area contributed by atoms with Gasteiger partial charge in [0, 0.05) is 28.6 Å². The zero-order valence-corrected chi connectivity index (χ0v) is 14.0. The number of carbonyl (C=O) groups excluding carboxylic acids is 1. The number of hydrogen-bond donors (Lipinski definition) is 3. The molecule has 24 heavy (non-hydrogen) atoms. The van der Waals surface area contributed by atoms with Crippen molar-refractivity contribution in [3.63, 3.8) is 0 Å². The van der Waals surface area contributed by atoms with Crippen LogP contribution < -0.4 is 16.2 Å². The Morgan fingerprint density at radius 3 is 2.38 bits per heavy atom. The fraction of sp³-hybridized carbons (Fsp3) is 0.375. The highest BCUT2D eigenvalue weighted by molar-refractivity contribution is 7.99. The molecule has 1 aliphatic heterocycles. The standard InChI is InChI=1S/C16H18F2N4OS/c1-9-14(10(2)22-21-9)7-11(8-19)15(23)20-12-3-5-13(6-4-12)24-16(17)18/h3-7,9-10,14,16,21-22H,1-2H3,(H,20,23)/b11-7-. The predicted molar refractivity (Wildman–Crippen MR) is 89.3 cm³/mol. The van der Waals surface area contributed by atoms with Crippen molar-refractivity contribution in [3.05, 3.63) is 35.9 Å². The number of carbonyl (C=O) groups is 1. The lowest BCUT2D eigenvalue weighted by atomic mass is 9.94. The van der Waals surface area contributed by atoms with Crippen molar-refractivity contribution in [2.45, 2.75) is 36.6 Å². The molecule has 3 N–H and O–H groups in total. The highest BCUT2D eigenvalue weighted by Crippen LogP contribution is 2.26. The van der Waals surface area contributed by atoms with Gasteiger partial charge in [0.1, 0.15) is 11.6 Å². The number of amides is 1. The number of nitrogens with zero attached hydrogens (tertiary/aromatic N) is 1. The summed E-state index contributed by atoms with van der Waals surface area (Å²) in [6, 6.07) is 8.17. The second-order valence-electron chi connectivity index (χ2n) is 5.49. The van der Waals surface area contributed by atoms with Crippen LogP contribution in [0, 0.1) is 17.2 Å². The Morgan fingerprint density at radius 2 is 1.88 bits per heavy atom. The molecule has 0 saturated carbocycles. The van der Waals surface area contributed by atoms with Crippen LogP contribution in [0.25, 0.3) is 0 Å². The maximum Gasteiger partial charge on any atom is 0.288 e. The number of hydrazine groups is 1. The molecule has 0 aromatic heterocycles. The molecule has 1 aromatic carbocycles. The molecule has 0 aliphatic carbocycles. The zero-order chi connectivity index (χ0) is 17.7. The van der Waals surface area contributed by atoms with Gasteiger partial charge in [-0.3, -0.25) is 15.6 Å². The monoisotopic (exact) mass is 352 g/mol. The molecule has 1 amide bonds. The Bertz CT molecular complexity index is 647. The SMILES string of the molecule is CC1NNC(C)C1/C=C(/C#N)C(=O)Nc1ccc(SC(F)F)cc1. The Hall–Kier alpha value is -1.95. The summed E-state index contributed by atoms with van der Waals surface area (Å²) in [5.74, 6) is -3.00. The van der Waals surface area contributed by atoms with Gasteiger partial charge in [-0.15, -0.1) is 0 Å². The van der Waals surface area contributed by atoms with Crippen molar-refractivity contribution < 1.29 is 13.6 Å². The highest BCUT2D eigenvalue weighted by Gasteiger charge is 2.29. The van der Waals surface area contributed by atoms with Crippen LogP contribution in [0.2, 0.25) is 0 Å². The number of halogens is 2. The first-order valence-corrected chi connectivity index (χ1v) is 8.28. The molecule has 1 fully saturated rings. The Morgan fingerprint density at radius 1 is 1.29 bits per heavy atom. The maximum absolute atomic E-state index is 12.3. The van der Waals surface area contributed by atoms with Gasteiger partial charge in [-0.1, -0.05) is 17.8 Å². The van der Waals surface area contributed by atoms with Crippen molar-refractivity contribution in [2.75, 3.05) is 5.32 Å². The second kappa shape index (κ2) is 8.24. The Kier molecular flexibility index (Phi) is 6.31. The van der Waals surface area contributed by atoms with Crippen LogP contribution in [-0.2, 0) is 4.79 Å². The summed E-state index contributed by atoms with van der Waals surface area (Å²) in [5, 5.41) is 11.9. The molecule has 2 rings (SSSR count). The Balaban J connectivity index is 2.05. The van der Waals surface area contributed by atoms with E-state index >= 15 is 0 Å². The molecular weight excluding hydrogens is 334 g/mol. The van der Waals surface area contributed by atoms with Gasteiger partial charge in [-0.2, -0.15) is 14.0 Å². The van der Waals surface area contributed by atoms with E-state index in [0.717, 1.165) is 0 Å². The van der Waals surface area contributed by atoms with E-state index < -0.39 is 11.7 Å². The predicted octanol–water partition coefficient (Wildman–Crippen LogP) is 2.89. The van der Waals surface area contributed by atoms with Gasteiger partial charge >= 0.3 is 0 Å². The highest BCUT2D eigenvalue weighted by atomic mass is 32.2. The first kappa shape index (κ1) is 18.4. The first-order valence-electron chi connectivity index (χ1n) is 7.40. The molecule has 1 heterocycles. The molecule has 1 aromatic rings. The quantitative estimate of drug-likeness (QED) is 0.432. The first-order chi connectivity index (χ1) is 11.4. The van der Waals surface area contributed by atoms with Crippen molar-refractivity contribution in [2.24, 2.45) is 5.92 Å². The molecule has 0 radical (unpaired) electrons. The van der Waals surface area contributed by atoms with E-state index in [1.54, 1.807) is 6.08 Å². The average Bonchev–Trinajstić information content (AvgIpc) is 2.85. The van der Waals surface area contributed by atoms with Crippen LogP contribution in [0.15, 0.2) is 40.8 Å². The minimum absolute atomic E-state index is 0.00946. The van der Waals surface area contributed by atoms with Gasteiger partial charge < -0.3 is 5.32 Å². The number of alkyl halides is 2. The van der Waals surface area contributed by atoms with Crippen molar-refractivity contribution in [3.8, 4) is 6.07 Å². The van der Waals surface area contributed by atoms with E-state index in [1.165, 1.54) is 24.3 Å². The summed E-state index contributed by atoms with van der Waals surface area (Å²) in [7, 11) is 0. The summed E-state index contributed by atoms with van der Waals surface area (Å²) >= 11 is 0.435. The van der Waals surface area contributed by atoms with Crippen molar-refractivity contribution >= 4 is 23.4 Å². The average molecular weight is 352 g/mol. The number of nitriles is 1. The molecule has 0 spiro atoms. The van der Waals surface area contributed by atoms with Crippen molar-refractivity contribution in [1.29, 1.82) is 5.26 Å². The van der Waals surface area contributed by atoms with Gasteiger partial charge in [-0.25, -0.2) is 0 Å². The minimum Gasteiger partial charge on any atom is -0.321 e. The number of rotatable bonds is 5. The molecule has 2 unspecified atom stereocenters. The van der Waals surface area contributed by atoms with Crippen LogP contribution >= 0.6 is 11.8 Å². The third-order valence-electron chi connectivity index (χ3n) is 3.75. The van der Waals surface area contributed by atoms with E-state index in [2.05, 4.69) is 16.2 Å². The zero-order valence-electron chi connectivity index (χ0n) is 13.2. The van der Waals surface area contributed by atoms with E-state index in [9.17, 15) is 18.8 Å². The number of anilines is 1. The summed E-state index contributed by atoms with van der Waals surface area (Å²) in [5.41, 5.74) is 6.59.